The number of hydrogen-bond donors (Lipinski definition) is 4. The van der Waals surface area contributed by atoms with Gasteiger partial charge in [-0.05, 0) is 186 Å². The van der Waals surface area contributed by atoms with Crippen molar-refractivity contribution in [1.82, 2.24) is 0 Å². The van der Waals surface area contributed by atoms with Crippen molar-refractivity contribution in [3.05, 3.63) is 376 Å². The number of carbonyl (C=O) groups excluding carboxylic acids is 8. The maximum Gasteiger partial charge on any atom is 0.343 e. The lowest BCUT2D eigenvalue weighted by molar-refractivity contribution is 0.0722. The van der Waals surface area contributed by atoms with Crippen molar-refractivity contribution >= 4 is 49.0 Å². The monoisotopic (exact) mass is 1380 g/mol. The lowest BCUT2D eigenvalue weighted by Crippen LogP contribution is -2.13. The first-order chi connectivity index (χ1) is 50.6. The molecule has 14 rings (SSSR count). The zero-order valence-corrected chi connectivity index (χ0v) is 55.7. The Morgan fingerprint density at radius 1 is 0.221 bits per heavy atom. The summed E-state index contributed by atoms with van der Waals surface area (Å²) in [4.78, 5) is 103. The third-order valence-corrected chi connectivity index (χ3v) is 18.3. The van der Waals surface area contributed by atoms with Gasteiger partial charge in [0, 0.05) is 73.6 Å². The minimum Gasteiger partial charge on any atom is -0.507 e. The SMILES string of the molecule is O=Cc1cc2c(O)c(c1)Cc1cccc(c1OC(=O)c1ccccc1)Cc1cc(C=O)cc(c1O)Cc1cccc(c1OC(=O)c1ccccc1)C2.O=Cc1cc2c(O)c(c1)Cc1cccc(c1OC(=O)c1ccccc1)Cc1cc(C=O)cc(c1O)Cc1cccc(c1OC(=O)c1ccccc1)C2. The third kappa shape index (κ3) is 15.3. The largest absolute Gasteiger partial charge is 0.507 e. The zero-order chi connectivity index (χ0) is 72.4. The first-order valence-electron chi connectivity index (χ1n) is 33.3. The molecular formula is C88H64O16. The normalized spacial score (nSPS) is 12.0. The van der Waals surface area contributed by atoms with Crippen LogP contribution in [0.15, 0.2) is 243 Å². The Hall–Kier alpha value is -13.6. The summed E-state index contributed by atoms with van der Waals surface area (Å²) >= 11 is 0. The molecule has 0 atom stereocenters. The predicted molar refractivity (Wildman–Crippen MR) is 388 cm³/mol. The second-order valence-electron chi connectivity index (χ2n) is 25.3. The molecule has 0 amide bonds. The average molecular weight is 1380 g/mol. The molecule has 0 radical (unpaired) electrons. The maximum absolute atomic E-state index is 13.4. The van der Waals surface area contributed by atoms with Crippen LogP contribution in [0.4, 0.5) is 0 Å². The van der Waals surface area contributed by atoms with Gasteiger partial charge < -0.3 is 39.4 Å². The Labute approximate surface area is 597 Å². The molecule has 0 spiro atoms. The number of aldehydes is 4. The minimum absolute atomic E-state index is 0.0624. The summed E-state index contributed by atoms with van der Waals surface area (Å²) in [6.07, 6.45) is 3.41. The highest BCUT2D eigenvalue weighted by atomic mass is 16.5. The number of benzene rings is 12. The van der Waals surface area contributed by atoms with Gasteiger partial charge in [-0.15, -0.1) is 0 Å². The lowest BCUT2D eigenvalue weighted by atomic mass is 9.90. The van der Waals surface area contributed by atoms with Gasteiger partial charge in [-0.2, -0.15) is 0 Å². The molecule has 16 nitrogen and oxygen atoms in total. The molecule has 0 unspecified atom stereocenters. The Bertz CT molecular complexity index is 4510. The summed E-state index contributed by atoms with van der Waals surface area (Å²) in [5, 5.41) is 47.0. The fourth-order valence-electron chi connectivity index (χ4n) is 13.2. The number of rotatable bonds is 12. The number of aromatic hydroxyl groups is 4. The summed E-state index contributed by atoms with van der Waals surface area (Å²) in [5.41, 5.74) is 10.3. The third-order valence-electron chi connectivity index (χ3n) is 18.3. The summed E-state index contributed by atoms with van der Waals surface area (Å²) in [5.74, 6) is -1.71. The first kappa shape index (κ1) is 68.9. The van der Waals surface area contributed by atoms with E-state index in [9.17, 15) is 58.8 Å². The molecule has 2 aliphatic carbocycles. The van der Waals surface area contributed by atoms with Gasteiger partial charge in [0.05, 0.1) is 22.3 Å². The van der Waals surface area contributed by atoms with Gasteiger partial charge in [-0.3, -0.25) is 19.2 Å². The van der Waals surface area contributed by atoms with E-state index in [0.717, 1.165) is 0 Å². The van der Waals surface area contributed by atoms with Gasteiger partial charge in [0.2, 0.25) is 0 Å². The first-order valence-corrected chi connectivity index (χ1v) is 33.3. The molecule has 0 aromatic heterocycles. The quantitative estimate of drug-likeness (QED) is 0.0504. The van der Waals surface area contributed by atoms with E-state index >= 15 is 0 Å². The van der Waals surface area contributed by atoms with Crippen LogP contribution in [0.25, 0.3) is 0 Å². The van der Waals surface area contributed by atoms with Crippen LogP contribution in [0.5, 0.6) is 46.0 Å². The van der Waals surface area contributed by atoms with Crippen LogP contribution in [0.3, 0.4) is 0 Å². The number of phenols is 4. The predicted octanol–water partition coefficient (Wildman–Crippen LogP) is 15.7. The molecule has 16 bridgehead atoms. The Morgan fingerprint density at radius 2 is 0.375 bits per heavy atom. The molecule has 0 saturated carbocycles. The minimum atomic E-state index is -0.599. The Balaban J connectivity index is 0.000000185. The number of hydrogen-bond acceptors (Lipinski definition) is 16. The molecule has 12 aromatic carbocycles. The molecule has 0 aliphatic heterocycles. The van der Waals surface area contributed by atoms with Crippen LogP contribution in [-0.4, -0.2) is 69.4 Å². The van der Waals surface area contributed by atoms with E-state index in [2.05, 4.69) is 0 Å². The van der Waals surface area contributed by atoms with E-state index in [1.165, 1.54) is 0 Å². The molecule has 512 valence electrons. The summed E-state index contributed by atoms with van der Waals surface area (Å²) in [6.45, 7) is 0. The number of phenolic OH excluding ortho intramolecular Hbond substituents is 4. The van der Waals surface area contributed by atoms with Crippen LogP contribution in [0.1, 0.15) is 172 Å². The topological polar surface area (TPSA) is 254 Å². The molecular weight excluding hydrogens is 1310 g/mol. The fraction of sp³-hybridized carbons (Fsp3) is 0.0909. The highest BCUT2D eigenvalue weighted by Crippen LogP contribution is 2.43. The van der Waals surface area contributed by atoms with Crippen molar-refractivity contribution in [2.24, 2.45) is 0 Å². The van der Waals surface area contributed by atoms with Gasteiger partial charge in [0.15, 0.2) is 0 Å². The van der Waals surface area contributed by atoms with E-state index < -0.39 is 23.9 Å². The van der Waals surface area contributed by atoms with Crippen LogP contribution in [0.2, 0.25) is 0 Å². The van der Waals surface area contributed by atoms with Gasteiger partial charge >= 0.3 is 23.9 Å². The Morgan fingerprint density at radius 3 is 0.519 bits per heavy atom. The van der Waals surface area contributed by atoms with E-state index in [1.54, 1.807) is 243 Å². The van der Waals surface area contributed by atoms with Crippen molar-refractivity contribution in [2.45, 2.75) is 51.4 Å². The molecule has 0 heterocycles. The van der Waals surface area contributed by atoms with Crippen molar-refractivity contribution < 1.29 is 77.7 Å². The molecule has 0 saturated heterocycles. The van der Waals surface area contributed by atoms with E-state index in [0.29, 0.717) is 159 Å². The molecule has 0 fully saturated rings. The second kappa shape index (κ2) is 30.9. The van der Waals surface area contributed by atoms with Crippen molar-refractivity contribution in [2.75, 3.05) is 0 Å². The smallest absolute Gasteiger partial charge is 0.343 e. The summed E-state index contributed by atoms with van der Waals surface area (Å²) in [7, 11) is 0. The standard InChI is InChI=1S/2C44H32O8/c2*45-25-27-17-35-21-31-13-7-14-32(41(31)51-43(49)29-9-3-1-4-10-29)22-36-18-28(26-46)20-38(40(36)48)24-34-16-8-15-33(23-37(19-27)39(35)47)42(34)52-44(50)30-11-5-2-6-12-30/h2*1-20,25-26,47-48H,21-24H2. The van der Waals surface area contributed by atoms with E-state index in [-0.39, 0.29) is 97.4 Å². The molecule has 12 aromatic rings. The average Bonchev–Trinajstić information content (AvgIpc) is 0.787. The fourth-order valence-corrected chi connectivity index (χ4v) is 13.2. The highest BCUT2D eigenvalue weighted by Gasteiger charge is 2.28. The molecule has 104 heavy (non-hydrogen) atoms. The van der Waals surface area contributed by atoms with Crippen molar-refractivity contribution in [1.29, 1.82) is 0 Å². The van der Waals surface area contributed by atoms with Gasteiger partial charge in [0.1, 0.15) is 71.1 Å². The number of carbonyl (C=O) groups is 8. The molecule has 2 aliphatic rings. The number of esters is 4. The van der Waals surface area contributed by atoms with Crippen molar-refractivity contribution in [3.8, 4) is 46.0 Å². The highest BCUT2D eigenvalue weighted by molar-refractivity contribution is 5.94. The second-order valence-corrected chi connectivity index (χ2v) is 25.3. The van der Waals surface area contributed by atoms with E-state index in [4.69, 9.17) is 18.9 Å². The number of fused-ring (bicyclic) bond motifs is 16. The lowest BCUT2D eigenvalue weighted by Gasteiger charge is -2.20. The van der Waals surface area contributed by atoms with Crippen LogP contribution in [-0.2, 0) is 51.4 Å². The summed E-state index contributed by atoms with van der Waals surface area (Å²) < 4.78 is 24.3. The van der Waals surface area contributed by atoms with Crippen LogP contribution in [0, 0.1) is 0 Å². The molecule has 4 N–H and O–H groups in total. The summed E-state index contributed by atoms with van der Waals surface area (Å²) in [6, 6.07) is 68.1. The van der Waals surface area contributed by atoms with Crippen LogP contribution >= 0.6 is 0 Å². The van der Waals surface area contributed by atoms with Gasteiger partial charge in [-0.1, -0.05) is 146 Å². The number of ether oxygens (including phenoxy) is 4. The van der Waals surface area contributed by atoms with Crippen LogP contribution < -0.4 is 18.9 Å². The Kier molecular flexibility index (Phi) is 20.5. The van der Waals surface area contributed by atoms with Gasteiger partial charge in [0.25, 0.3) is 0 Å². The number of para-hydroxylation sites is 4. The molecule has 16 heteroatoms. The van der Waals surface area contributed by atoms with Gasteiger partial charge in [-0.25, -0.2) is 19.2 Å². The van der Waals surface area contributed by atoms with E-state index in [1.807, 2.05) is 0 Å². The van der Waals surface area contributed by atoms with Crippen molar-refractivity contribution in [3.63, 3.8) is 0 Å². The zero-order valence-electron chi connectivity index (χ0n) is 55.7. The maximum atomic E-state index is 13.4.